The van der Waals surface area contributed by atoms with Crippen molar-refractivity contribution in [2.24, 2.45) is 7.05 Å². The van der Waals surface area contributed by atoms with Gasteiger partial charge in [-0.3, -0.25) is 14.8 Å². The topological polar surface area (TPSA) is 76.0 Å². The Morgan fingerprint density at radius 3 is 2.32 bits per heavy atom. The zero-order valence-corrected chi connectivity index (χ0v) is 14.9. The van der Waals surface area contributed by atoms with Gasteiger partial charge in [0.2, 0.25) is 0 Å². The number of carbonyl (C=O) groups is 2. The first-order valence-electron chi connectivity index (χ1n) is 8.12. The van der Waals surface area contributed by atoms with Crippen molar-refractivity contribution < 1.29 is 22.8 Å². The van der Waals surface area contributed by atoms with Crippen LogP contribution < -0.4 is 10.6 Å². The van der Waals surface area contributed by atoms with Gasteiger partial charge >= 0.3 is 6.03 Å². The molecule has 144 valence electrons. The molecule has 0 radical (unpaired) electrons. The fraction of sp³-hybridized carbons (Fsp3) is 0.105. The summed E-state index contributed by atoms with van der Waals surface area (Å²) in [5.74, 6) is -4.93. The van der Waals surface area contributed by atoms with Crippen LogP contribution >= 0.6 is 0 Å². The molecule has 1 heterocycles. The molecule has 1 aromatic heterocycles. The van der Waals surface area contributed by atoms with Gasteiger partial charge < -0.3 is 5.32 Å². The summed E-state index contributed by atoms with van der Waals surface area (Å²) in [5.41, 5.74) is 1.14. The predicted molar refractivity (Wildman–Crippen MR) is 96.2 cm³/mol. The number of nitrogens with one attached hydrogen (secondary N) is 2. The van der Waals surface area contributed by atoms with Gasteiger partial charge in [-0.15, -0.1) is 0 Å². The zero-order valence-electron chi connectivity index (χ0n) is 14.9. The first kappa shape index (κ1) is 19.2. The second-order valence-corrected chi connectivity index (χ2v) is 6.01. The first-order chi connectivity index (χ1) is 13.3. The molecule has 0 unspecified atom stereocenters. The lowest BCUT2D eigenvalue weighted by Crippen LogP contribution is -2.34. The fourth-order valence-corrected chi connectivity index (χ4v) is 2.70. The smallest absolute Gasteiger partial charge is 0.307 e. The molecule has 0 fully saturated rings. The molecule has 3 amide bonds. The van der Waals surface area contributed by atoms with E-state index in [2.05, 4.69) is 15.7 Å². The first-order valence-corrected chi connectivity index (χ1v) is 8.12. The number of urea groups is 1. The van der Waals surface area contributed by atoms with E-state index in [1.165, 1.54) is 23.0 Å². The monoisotopic (exact) mass is 388 g/mol. The number of hydrogen-bond acceptors (Lipinski definition) is 3. The Bertz CT molecular complexity index is 1060. The average molecular weight is 388 g/mol. The van der Waals surface area contributed by atoms with E-state index in [0.29, 0.717) is 5.69 Å². The van der Waals surface area contributed by atoms with Crippen LogP contribution in [0.2, 0.25) is 0 Å². The molecule has 28 heavy (non-hydrogen) atoms. The van der Waals surface area contributed by atoms with Gasteiger partial charge in [-0.05, 0) is 30.7 Å². The number of hydrogen-bond donors (Lipinski definition) is 2. The third-order valence-corrected chi connectivity index (χ3v) is 3.96. The Morgan fingerprint density at radius 1 is 1.07 bits per heavy atom. The van der Waals surface area contributed by atoms with E-state index in [-0.39, 0.29) is 22.4 Å². The lowest BCUT2D eigenvalue weighted by Gasteiger charge is -2.12. The van der Waals surface area contributed by atoms with Crippen molar-refractivity contribution in [1.82, 2.24) is 15.1 Å². The number of benzene rings is 2. The van der Waals surface area contributed by atoms with E-state index in [1.807, 2.05) is 0 Å². The second-order valence-electron chi connectivity index (χ2n) is 6.01. The number of rotatable bonds is 3. The third-order valence-electron chi connectivity index (χ3n) is 3.96. The Labute approximate surface area is 158 Å². The lowest BCUT2D eigenvalue weighted by atomic mass is 10.0. The molecule has 0 saturated carbocycles. The van der Waals surface area contributed by atoms with Crippen molar-refractivity contribution in [2.75, 3.05) is 5.32 Å². The summed E-state index contributed by atoms with van der Waals surface area (Å²) in [7, 11) is 1.64. The molecule has 0 aliphatic rings. The van der Waals surface area contributed by atoms with Crippen LogP contribution in [0.5, 0.6) is 0 Å². The Hall–Kier alpha value is -3.62. The van der Waals surface area contributed by atoms with Crippen molar-refractivity contribution in [3.05, 3.63) is 71.3 Å². The number of imide groups is 1. The highest BCUT2D eigenvalue weighted by Crippen LogP contribution is 2.30. The molecule has 3 aromatic rings. The van der Waals surface area contributed by atoms with Gasteiger partial charge in [0.15, 0.2) is 17.5 Å². The zero-order chi connectivity index (χ0) is 20.4. The third kappa shape index (κ3) is 3.88. The molecule has 2 aromatic carbocycles. The average Bonchev–Trinajstić information content (AvgIpc) is 2.98. The summed E-state index contributed by atoms with van der Waals surface area (Å²) in [6.45, 7) is 1.62. The molecule has 0 spiro atoms. The van der Waals surface area contributed by atoms with Gasteiger partial charge in [0.25, 0.3) is 5.91 Å². The van der Waals surface area contributed by atoms with Gasteiger partial charge in [0, 0.05) is 18.8 Å². The maximum atomic E-state index is 13.6. The van der Waals surface area contributed by atoms with Gasteiger partial charge in [-0.2, -0.15) is 5.10 Å². The van der Waals surface area contributed by atoms with Gasteiger partial charge in [0.1, 0.15) is 0 Å². The highest BCUT2D eigenvalue weighted by Gasteiger charge is 2.18. The summed E-state index contributed by atoms with van der Waals surface area (Å²) in [5, 5.41) is 8.63. The van der Waals surface area contributed by atoms with Crippen LogP contribution in [0.4, 0.5) is 23.7 Å². The number of aryl methyl sites for hydroxylation is 2. The molecule has 3 rings (SSSR count). The van der Waals surface area contributed by atoms with E-state index in [9.17, 15) is 22.8 Å². The van der Waals surface area contributed by atoms with Gasteiger partial charge in [-0.1, -0.05) is 18.2 Å². The number of aromatic nitrogens is 2. The molecule has 9 heteroatoms. The van der Waals surface area contributed by atoms with Crippen molar-refractivity contribution in [3.63, 3.8) is 0 Å². The molecular formula is C19H15F3N4O2. The highest BCUT2D eigenvalue weighted by atomic mass is 19.2. The van der Waals surface area contributed by atoms with Crippen LogP contribution in [0.25, 0.3) is 11.1 Å². The Morgan fingerprint density at radius 2 is 1.71 bits per heavy atom. The number of para-hydroxylation sites is 1. The standard InChI is InChI=1S/C19H15F3N4O2/c1-10-13(9-26(2)25-10)18(27)24-19(28)23-16-6-4-3-5-12(16)11-7-14(20)17(22)15(21)8-11/h3-9H,1-2H3,(H2,23,24,27,28). The van der Waals surface area contributed by atoms with Crippen LogP contribution in [0.15, 0.2) is 42.6 Å². The molecular weight excluding hydrogens is 373 g/mol. The van der Waals surface area contributed by atoms with Crippen LogP contribution in [0.3, 0.4) is 0 Å². The minimum atomic E-state index is -1.58. The van der Waals surface area contributed by atoms with Crippen LogP contribution in [-0.4, -0.2) is 21.7 Å². The largest absolute Gasteiger partial charge is 0.326 e. The molecule has 6 nitrogen and oxygen atoms in total. The summed E-state index contributed by atoms with van der Waals surface area (Å²) < 4.78 is 41.7. The van der Waals surface area contributed by atoms with Crippen molar-refractivity contribution in [3.8, 4) is 11.1 Å². The minimum absolute atomic E-state index is 0.0294. The maximum absolute atomic E-state index is 13.6. The van der Waals surface area contributed by atoms with E-state index in [0.717, 1.165) is 12.1 Å². The quantitative estimate of drug-likeness (QED) is 0.671. The molecule has 0 saturated heterocycles. The summed E-state index contributed by atoms with van der Waals surface area (Å²) in [6.07, 6.45) is 1.47. The SMILES string of the molecule is Cc1nn(C)cc1C(=O)NC(=O)Nc1ccccc1-c1cc(F)c(F)c(F)c1. The number of anilines is 1. The normalized spacial score (nSPS) is 10.6. The molecule has 0 bridgehead atoms. The number of amides is 3. The molecule has 0 aliphatic carbocycles. The summed E-state index contributed by atoms with van der Waals surface area (Å²) in [6, 6.07) is 6.94. The van der Waals surface area contributed by atoms with Gasteiger partial charge in [-0.25, -0.2) is 18.0 Å². The van der Waals surface area contributed by atoms with Crippen molar-refractivity contribution >= 4 is 17.6 Å². The van der Waals surface area contributed by atoms with Gasteiger partial charge in [0.05, 0.1) is 16.9 Å². The molecule has 0 atom stereocenters. The van der Waals surface area contributed by atoms with Crippen molar-refractivity contribution in [2.45, 2.75) is 6.92 Å². The number of nitrogens with zero attached hydrogens (tertiary/aromatic N) is 2. The summed E-state index contributed by atoms with van der Waals surface area (Å²) in [4.78, 5) is 24.4. The summed E-state index contributed by atoms with van der Waals surface area (Å²) >= 11 is 0. The van der Waals surface area contributed by atoms with E-state index >= 15 is 0 Å². The fourth-order valence-electron chi connectivity index (χ4n) is 2.70. The van der Waals surface area contributed by atoms with Crippen LogP contribution in [0, 0.1) is 24.4 Å². The van der Waals surface area contributed by atoms with E-state index in [4.69, 9.17) is 0 Å². The van der Waals surface area contributed by atoms with Crippen molar-refractivity contribution in [1.29, 1.82) is 0 Å². The van der Waals surface area contributed by atoms with Crippen LogP contribution in [-0.2, 0) is 7.05 Å². The maximum Gasteiger partial charge on any atom is 0.326 e. The lowest BCUT2D eigenvalue weighted by molar-refractivity contribution is 0.0966. The molecule has 2 N–H and O–H groups in total. The second kappa shape index (κ2) is 7.55. The highest BCUT2D eigenvalue weighted by molar-refractivity contribution is 6.09. The Kier molecular flexibility index (Phi) is 5.16. The predicted octanol–water partition coefficient (Wildman–Crippen LogP) is 3.77. The minimum Gasteiger partial charge on any atom is -0.307 e. The van der Waals surface area contributed by atoms with E-state index < -0.39 is 29.4 Å². The van der Waals surface area contributed by atoms with Crippen LogP contribution in [0.1, 0.15) is 16.1 Å². The number of carbonyl (C=O) groups excluding carboxylic acids is 2. The van der Waals surface area contributed by atoms with E-state index in [1.54, 1.807) is 26.1 Å². The Balaban J connectivity index is 1.83. The number of halogens is 3. The molecule has 0 aliphatic heterocycles.